The molecule has 0 unspecified atom stereocenters. The average Bonchev–Trinajstić information content (AvgIpc) is 2.14. The van der Waals surface area contributed by atoms with Gasteiger partial charge in [-0.05, 0) is 18.2 Å². The Balaban J connectivity index is 3.10. The summed E-state index contributed by atoms with van der Waals surface area (Å²) in [6, 6.07) is 1.79. The minimum absolute atomic E-state index is 0.178. The Morgan fingerprint density at radius 2 is 1.65 bits per heavy atom. The first-order valence-corrected chi connectivity index (χ1v) is 5.27. The maximum Gasteiger partial charge on any atom is 0.573 e. The molecule has 0 N–H and O–H groups in total. The van der Waals surface area contributed by atoms with E-state index < -0.39 is 23.9 Å². The van der Waals surface area contributed by atoms with Gasteiger partial charge in [0.15, 0.2) is 0 Å². The predicted molar refractivity (Wildman–Crippen MR) is 50.8 cm³/mol. The number of alkyl halides is 7. The van der Waals surface area contributed by atoms with E-state index in [0.717, 1.165) is 0 Å². The molecule has 0 aliphatic heterocycles. The van der Waals surface area contributed by atoms with Crippen LogP contribution in [0.15, 0.2) is 18.2 Å². The zero-order valence-corrected chi connectivity index (χ0v) is 9.58. The maximum atomic E-state index is 12.3. The SMILES string of the molecule is FC(F)(F)Oc1ccc(C(F)(F)F)cc1CBr. The lowest BCUT2D eigenvalue weighted by molar-refractivity contribution is -0.274. The van der Waals surface area contributed by atoms with Crippen LogP contribution in [0.2, 0.25) is 0 Å². The number of benzene rings is 1. The second-order valence-corrected chi connectivity index (χ2v) is 3.56. The van der Waals surface area contributed by atoms with Crippen molar-refractivity contribution in [2.75, 3.05) is 0 Å². The van der Waals surface area contributed by atoms with Gasteiger partial charge in [0.05, 0.1) is 5.56 Å². The van der Waals surface area contributed by atoms with Gasteiger partial charge in [-0.15, -0.1) is 13.2 Å². The van der Waals surface area contributed by atoms with Gasteiger partial charge < -0.3 is 4.74 Å². The number of hydrogen-bond donors (Lipinski definition) is 0. The van der Waals surface area contributed by atoms with Crippen LogP contribution in [0.4, 0.5) is 26.3 Å². The van der Waals surface area contributed by atoms with Gasteiger partial charge in [-0.2, -0.15) is 13.2 Å². The molecule has 0 atom stereocenters. The molecule has 17 heavy (non-hydrogen) atoms. The summed E-state index contributed by atoms with van der Waals surface area (Å²) in [7, 11) is 0. The van der Waals surface area contributed by atoms with Crippen molar-refractivity contribution in [1.29, 1.82) is 0 Å². The number of halogens is 7. The van der Waals surface area contributed by atoms with Crippen molar-refractivity contribution in [3.05, 3.63) is 29.3 Å². The Labute approximate surface area is 101 Å². The molecule has 0 amide bonds. The third kappa shape index (κ3) is 4.10. The molecule has 0 saturated heterocycles. The Bertz CT molecular complexity index is 397. The number of rotatable bonds is 2. The second-order valence-electron chi connectivity index (χ2n) is 3.00. The third-order valence-corrected chi connectivity index (χ3v) is 2.36. The van der Waals surface area contributed by atoms with Crippen LogP contribution in [0, 0.1) is 0 Å². The molecule has 0 spiro atoms. The minimum Gasteiger partial charge on any atom is -0.405 e. The predicted octanol–water partition coefficient (Wildman–Crippen LogP) is 4.50. The first-order valence-electron chi connectivity index (χ1n) is 4.15. The molecule has 0 heterocycles. The highest BCUT2D eigenvalue weighted by Crippen LogP contribution is 2.35. The lowest BCUT2D eigenvalue weighted by Gasteiger charge is -2.14. The fraction of sp³-hybridized carbons (Fsp3) is 0.333. The van der Waals surface area contributed by atoms with Crippen LogP contribution in [-0.2, 0) is 11.5 Å². The van der Waals surface area contributed by atoms with Crippen molar-refractivity contribution in [3.63, 3.8) is 0 Å². The van der Waals surface area contributed by atoms with Gasteiger partial charge in [0.1, 0.15) is 5.75 Å². The van der Waals surface area contributed by atoms with Gasteiger partial charge >= 0.3 is 12.5 Å². The summed E-state index contributed by atoms with van der Waals surface area (Å²) >= 11 is 2.80. The van der Waals surface area contributed by atoms with Crippen LogP contribution in [0.3, 0.4) is 0 Å². The van der Waals surface area contributed by atoms with E-state index in [-0.39, 0.29) is 10.9 Å². The van der Waals surface area contributed by atoms with Gasteiger partial charge in [-0.25, -0.2) is 0 Å². The summed E-state index contributed by atoms with van der Waals surface area (Å²) < 4.78 is 76.3. The summed E-state index contributed by atoms with van der Waals surface area (Å²) in [6.45, 7) is 0. The lowest BCUT2D eigenvalue weighted by atomic mass is 10.1. The van der Waals surface area contributed by atoms with Gasteiger partial charge in [-0.3, -0.25) is 0 Å². The van der Waals surface area contributed by atoms with Crippen molar-refractivity contribution in [1.82, 2.24) is 0 Å². The molecular formula is C9H5BrF6O. The summed E-state index contributed by atoms with van der Waals surface area (Å²) in [6.07, 6.45) is -9.54. The molecule has 1 aromatic rings. The molecule has 1 rings (SSSR count). The third-order valence-electron chi connectivity index (χ3n) is 1.76. The molecule has 96 valence electrons. The van der Waals surface area contributed by atoms with E-state index in [4.69, 9.17) is 0 Å². The number of hydrogen-bond acceptors (Lipinski definition) is 1. The van der Waals surface area contributed by atoms with Crippen LogP contribution in [0.1, 0.15) is 11.1 Å². The van der Waals surface area contributed by atoms with Crippen LogP contribution >= 0.6 is 15.9 Å². The monoisotopic (exact) mass is 322 g/mol. The van der Waals surface area contributed by atoms with E-state index in [2.05, 4.69) is 20.7 Å². The van der Waals surface area contributed by atoms with E-state index in [9.17, 15) is 26.3 Å². The molecule has 0 aliphatic carbocycles. The van der Waals surface area contributed by atoms with Crippen molar-refractivity contribution in [2.45, 2.75) is 17.9 Å². The summed E-state index contributed by atoms with van der Waals surface area (Å²) in [5.41, 5.74) is -1.25. The van der Waals surface area contributed by atoms with Crippen molar-refractivity contribution >= 4 is 15.9 Å². The normalized spacial score (nSPS) is 12.6. The smallest absolute Gasteiger partial charge is 0.405 e. The second kappa shape index (κ2) is 4.75. The zero-order valence-electron chi connectivity index (χ0n) is 7.99. The Kier molecular flexibility index (Phi) is 3.95. The standard InChI is InChI=1S/C9H5BrF6O/c10-4-5-3-6(8(11,12)13)1-2-7(5)17-9(14,15)16/h1-3H,4H2. The molecule has 0 bridgehead atoms. The topological polar surface area (TPSA) is 9.23 Å². The van der Waals surface area contributed by atoms with Crippen LogP contribution in [0.5, 0.6) is 5.75 Å². The van der Waals surface area contributed by atoms with Crippen LogP contribution < -0.4 is 4.74 Å². The minimum atomic E-state index is -4.93. The Morgan fingerprint density at radius 1 is 1.06 bits per heavy atom. The van der Waals surface area contributed by atoms with E-state index in [1.54, 1.807) is 0 Å². The van der Waals surface area contributed by atoms with Gasteiger partial charge in [0.2, 0.25) is 0 Å². The highest BCUT2D eigenvalue weighted by molar-refractivity contribution is 9.08. The molecule has 8 heteroatoms. The molecule has 0 saturated carbocycles. The van der Waals surface area contributed by atoms with Crippen molar-refractivity contribution in [2.24, 2.45) is 0 Å². The highest BCUT2D eigenvalue weighted by Gasteiger charge is 2.34. The Hall–Kier alpha value is -0.920. The van der Waals surface area contributed by atoms with Gasteiger partial charge in [-0.1, -0.05) is 15.9 Å². The molecule has 0 aromatic heterocycles. The van der Waals surface area contributed by atoms with E-state index in [1.807, 2.05) is 0 Å². The number of ether oxygens (including phenoxy) is 1. The average molecular weight is 323 g/mol. The molecular weight excluding hydrogens is 318 g/mol. The quantitative estimate of drug-likeness (QED) is 0.575. The Morgan fingerprint density at radius 3 is 2.06 bits per heavy atom. The molecule has 0 radical (unpaired) electrons. The molecule has 1 aromatic carbocycles. The first kappa shape index (κ1) is 14.1. The lowest BCUT2D eigenvalue weighted by Crippen LogP contribution is -2.18. The zero-order chi connectivity index (χ0) is 13.3. The largest absolute Gasteiger partial charge is 0.573 e. The van der Waals surface area contributed by atoms with Gasteiger partial charge in [0.25, 0.3) is 0 Å². The van der Waals surface area contributed by atoms with Gasteiger partial charge in [0, 0.05) is 10.9 Å². The fourth-order valence-corrected chi connectivity index (χ4v) is 1.52. The summed E-state index contributed by atoms with van der Waals surface area (Å²) in [5, 5.41) is -0.178. The maximum absolute atomic E-state index is 12.3. The first-order chi connectivity index (χ1) is 7.63. The summed E-state index contributed by atoms with van der Waals surface area (Å²) in [5.74, 6) is -0.651. The summed E-state index contributed by atoms with van der Waals surface area (Å²) in [4.78, 5) is 0. The van der Waals surface area contributed by atoms with Crippen molar-refractivity contribution < 1.29 is 31.1 Å². The molecule has 0 fully saturated rings. The van der Waals surface area contributed by atoms with E-state index in [0.29, 0.717) is 18.2 Å². The van der Waals surface area contributed by atoms with Crippen LogP contribution in [-0.4, -0.2) is 6.36 Å². The molecule has 0 aliphatic rings. The van der Waals surface area contributed by atoms with E-state index in [1.165, 1.54) is 0 Å². The fourth-order valence-electron chi connectivity index (χ4n) is 1.08. The van der Waals surface area contributed by atoms with Crippen molar-refractivity contribution in [3.8, 4) is 5.75 Å². The highest BCUT2D eigenvalue weighted by atomic mass is 79.9. The van der Waals surface area contributed by atoms with Crippen LogP contribution in [0.25, 0.3) is 0 Å². The van der Waals surface area contributed by atoms with E-state index >= 15 is 0 Å². The molecule has 1 nitrogen and oxygen atoms in total.